The fourth-order valence-electron chi connectivity index (χ4n) is 6.55. The summed E-state index contributed by atoms with van der Waals surface area (Å²) in [5.41, 5.74) is 0. The molecule has 0 saturated heterocycles. The number of hydrogen-bond donors (Lipinski definition) is 0. The minimum atomic E-state index is -0.790. The summed E-state index contributed by atoms with van der Waals surface area (Å²) in [6.45, 7) is 6.35. The van der Waals surface area contributed by atoms with Crippen LogP contribution in [0.5, 0.6) is 0 Å². The summed E-state index contributed by atoms with van der Waals surface area (Å²) in [6.07, 6.45) is 58.8. The van der Waals surface area contributed by atoms with Gasteiger partial charge < -0.3 is 14.2 Å². The summed E-state index contributed by atoms with van der Waals surface area (Å²) in [6, 6.07) is 0. The molecule has 0 saturated carbocycles. The van der Waals surface area contributed by atoms with Crippen LogP contribution < -0.4 is 0 Å². The van der Waals surface area contributed by atoms with Crippen molar-refractivity contribution in [3.8, 4) is 0 Å². The number of carbonyl (C=O) groups is 3. The summed E-state index contributed by atoms with van der Waals surface area (Å²) < 4.78 is 16.7. The summed E-state index contributed by atoms with van der Waals surface area (Å²) in [7, 11) is 0. The van der Waals surface area contributed by atoms with E-state index < -0.39 is 6.10 Å². The molecule has 59 heavy (non-hydrogen) atoms. The maximum Gasteiger partial charge on any atom is 0.306 e. The highest BCUT2D eigenvalue weighted by molar-refractivity contribution is 5.71. The zero-order chi connectivity index (χ0) is 43.0. The topological polar surface area (TPSA) is 78.9 Å². The number of unbranched alkanes of at least 4 members (excludes halogenated alkanes) is 20. The molecule has 0 aromatic rings. The van der Waals surface area contributed by atoms with Gasteiger partial charge in [0.15, 0.2) is 6.10 Å². The molecular weight excluding hydrogens is 733 g/mol. The van der Waals surface area contributed by atoms with Crippen LogP contribution in [0, 0.1) is 0 Å². The van der Waals surface area contributed by atoms with Gasteiger partial charge in [-0.15, -0.1) is 0 Å². The molecule has 0 heterocycles. The Balaban J connectivity index is 4.40. The van der Waals surface area contributed by atoms with Gasteiger partial charge in [0.25, 0.3) is 0 Å². The lowest BCUT2D eigenvalue weighted by atomic mass is 10.1. The minimum absolute atomic E-state index is 0.0906. The molecule has 0 spiro atoms. The number of rotatable bonds is 43. The predicted octanol–water partition coefficient (Wildman–Crippen LogP) is 15.9. The fraction of sp³-hybridized carbons (Fsp3) is 0.717. The normalized spacial score (nSPS) is 12.7. The van der Waals surface area contributed by atoms with E-state index >= 15 is 0 Å². The van der Waals surface area contributed by atoms with E-state index in [9.17, 15) is 14.4 Å². The van der Waals surface area contributed by atoms with Crippen molar-refractivity contribution in [1.29, 1.82) is 0 Å². The molecule has 0 N–H and O–H groups in total. The predicted molar refractivity (Wildman–Crippen MR) is 251 cm³/mol. The third-order valence-corrected chi connectivity index (χ3v) is 10.2. The number of ether oxygens (including phenoxy) is 3. The van der Waals surface area contributed by atoms with Gasteiger partial charge in [-0.2, -0.15) is 0 Å². The first-order valence-electron chi connectivity index (χ1n) is 24.4. The SMILES string of the molecule is CC/C=C\C/C=C\CCCCCCCC(=O)OCC(COC(=O)CCCCCCCCC/C=C\C/C=C\CCCCC)OC(=O)CCCCCCC/C=C\C/C=C\CC. The molecule has 0 aromatic carbocycles. The van der Waals surface area contributed by atoms with Crippen LogP contribution >= 0.6 is 0 Å². The lowest BCUT2D eigenvalue weighted by Gasteiger charge is -2.18. The van der Waals surface area contributed by atoms with Crippen LogP contribution in [-0.4, -0.2) is 37.2 Å². The van der Waals surface area contributed by atoms with Gasteiger partial charge in [-0.3, -0.25) is 14.4 Å². The molecular formula is C53H90O6. The van der Waals surface area contributed by atoms with E-state index in [-0.39, 0.29) is 31.1 Å². The first-order chi connectivity index (χ1) is 29.0. The van der Waals surface area contributed by atoms with Crippen LogP contribution in [0.4, 0.5) is 0 Å². The average molecular weight is 823 g/mol. The quantitative estimate of drug-likeness (QED) is 0.0264. The maximum atomic E-state index is 12.7. The Morgan fingerprint density at radius 1 is 0.356 bits per heavy atom. The Morgan fingerprint density at radius 2 is 0.661 bits per heavy atom. The van der Waals surface area contributed by atoms with Gasteiger partial charge in [0.1, 0.15) is 13.2 Å². The smallest absolute Gasteiger partial charge is 0.306 e. The number of hydrogen-bond acceptors (Lipinski definition) is 6. The van der Waals surface area contributed by atoms with Crippen LogP contribution in [0.15, 0.2) is 72.9 Å². The molecule has 0 aliphatic carbocycles. The molecule has 6 heteroatoms. The molecule has 0 bridgehead atoms. The van der Waals surface area contributed by atoms with Crippen LogP contribution in [0.2, 0.25) is 0 Å². The van der Waals surface area contributed by atoms with E-state index in [1.54, 1.807) is 0 Å². The summed E-state index contributed by atoms with van der Waals surface area (Å²) in [5, 5.41) is 0. The third-order valence-electron chi connectivity index (χ3n) is 10.2. The monoisotopic (exact) mass is 823 g/mol. The van der Waals surface area contributed by atoms with Gasteiger partial charge in [0, 0.05) is 19.3 Å². The third kappa shape index (κ3) is 45.8. The van der Waals surface area contributed by atoms with Crippen LogP contribution in [0.3, 0.4) is 0 Å². The Kier molecular flexibility index (Phi) is 45.0. The summed E-state index contributed by atoms with van der Waals surface area (Å²) in [5.74, 6) is -0.931. The average Bonchev–Trinajstić information content (AvgIpc) is 3.23. The zero-order valence-corrected chi connectivity index (χ0v) is 38.5. The molecule has 0 aromatic heterocycles. The Labute approximate surface area is 363 Å². The standard InChI is InChI=1S/C53H90O6/c1-4-7-10-13-16-19-22-25-26-27-28-29-32-34-37-40-43-46-52(55)58-49-50(59-53(56)47-44-41-38-35-31-24-21-18-15-12-9-6-3)48-57-51(54)45-42-39-36-33-30-23-20-17-14-11-8-5-2/h8-9,11-12,16-21,25-26,50H,4-7,10,13-15,22-24,27-49H2,1-3H3/b11-8-,12-9-,19-16-,20-17-,21-18-,26-25-. The second-order valence-electron chi connectivity index (χ2n) is 16.0. The second kappa shape index (κ2) is 47.5. The lowest BCUT2D eigenvalue weighted by Crippen LogP contribution is -2.30. The number of carbonyl (C=O) groups excluding carboxylic acids is 3. The molecule has 0 rings (SSSR count). The summed E-state index contributed by atoms with van der Waals surface area (Å²) >= 11 is 0. The van der Waals surface area contributed by atoms with E-state index in [4.69, 9.17) is 14.2 Å². The lowest BCUT2D eigenvalue weighted by molar-refractivity contribution is -0.167. The van der Waals surface area contributed by atoms with Gasteiger partial charge >= 0.3 is 17.9 Å². The number of allylic oxidation sites excluding steroid dienone is 12. The molecule has 1 atom stereocenters. The van der Waals surface area contributed by atoms with Gasteiger partial charge in [-0.25, -0.2) is 0 Å². The second-order valence-corrected chi connectivity index (χ2v) is 16.0. The Bertz CT molecular complexity index is 1130. The molecule has 0 radical (unpaired) electrons. The van der Waals surface area contributed by atoms with Crippen molar-refractivity contribution in [3.63, 3.8) is 0 Å². The highest BCUT2D eigenvalue weighted by atomic mass is 16.6. The van der Waals surface area contributed by atoms with Crippen molar-refractivity contribution < 1.29 is 28.6 Å². The van der Waals surface area contributed by atoms with E-state index in [1.807, 2.05) is 0 Å². The van der Waals surface area contributed by atoms with Crippen molar-refractivity contribution in [3.05, 3.63) is 72.9 Å². The summed E-state index contributed by atoms with van der Waals surface area (Å²) in [4.78, 5) is 37.8. The van der Waals surface area contributed by atoms with Gasteiger partial charge in [0.2, 0.25) is 0 Å². The molecule has 0 fully saturated rings. The number of esters is 3. The van der Waals surface area contributed by atoms with Crippen LogP contribution in [-0.2, 0) is 28.6 Å². The first kappa shape index (κ1) is 55.9. The van der Waals surface area contributed by atoms with Crippen molar-refractivity contribution in [2.24, 2.45) is 0 Å². The molecule has 0 aliphatic rings. The van der Waals surface area contributed by atoms with Gasteiger partial charge in [-0.1, -0.05) is 177 Å². The molecule has 1 unspecified atom stereocenters. The van der Waals surface area contributed by atoms with Crippen molar-refractivity contribution >= 4 is 17.9 Å². The fourth-order valence-corrected chi connectivity index (χ4v) is 6.55. The molecule has 338 valence electrons. The van der Waals surface area contributed by atoms with Crippen LogP contribution in [0.25, 0.3) is 0 Å². The highest BCUT2D eigenvalue weighted by Gasteiger charge is 2.19. The Hall–Kier alpha value is -3.15. The highest BCUT2D eigenvalue weighted by Crippen LogP contribution is 2.14. The van der Waals surface area contributed by atoms with Gasteiger partial charge in [-0.05, 0) is 103 Å². The van der Waals surface area contributed by atoms with E-state index in [0.717, 1.165) is 135 Å². The minimum Gasteiger partial charge on any atom is -0.462 e. The van der Waals surface area contributed by atoms with E-state index in [0.29, 0.717) is 19.3 Å². The van der Waals surface area contributed by atoms with Crippen molar-refractivity contribution in [1.82, 2.24) is 0 Å². The maximum absolute atomic E-state index is 12.7. The largest absolute Gasteiger partial charge is 0.462 e. The van der Waals surface area contributed by atoms with Gasteiger partial charge in [0.05, 0.1) is 0 Å². The Morgan fingerprint density at radius 3 is 1.02 bits per heavy atom. The van der Waals surface area contributed by atoms with Crippen molar-refractivity contribution in [2.75, 3.05) is 13.2 Å². The van der Waals surface area contributed by atoms with Crippen molar-refractivity contribution in [2.45, 2.75) is 232 Å². The first-order valence-corrected chi connectivity index (χ1v) is 24.4. The molecule has 0 aliphatic heterocycles. The van der Waals surface area contributed by atoms with E-state index in [1.165, 1.54) is 51.4 Å². The molecule has 6 nitrogen and oxygen atoms in total. The zero-order valence-electron chi connectivity index (χ0n) is 38.5. The van der Waals surface area contributed by atoms with Crippen LogP contribution in [0.1, 0.15) is 226 Å². The molecule has 0 amide bonds. The van der Waals surface area contributed by atoms with E-state index in [2.05, 4.69) is 93.7 Å².